The van der Waals surface area contributed by atoms with Crippen LogP contribution >= 0.6 is 0 Å². The molecule has 0 saturated carbocycles. The third-order valence-electron chi connectivity index (χ3n) is 3.23. The highest BCUT2D eigenvalue weighted by molar-refractivity contribution is 5.92. The van der Waals surface area contributed by atoms with Gasteiger partial charge >= 0.3 is 0 Å². The Morgan fingerprint density at radius 3 is 2.19 bits per heavy atom. The monoisotopic (exact) mass is 291 g/mol. The zero-order valence-corrected chi connectivity index (χ0v) is 14.2. The third-order valence-corrected chi connectivity index (χ3v) is 3.23. The van der Waals surface area contributed by atoms with Crippen LogP contribution < -0.4 is 15.5 Å². The highest BCUT2D eigenvalue weighted by atomic mass is 16.1. The predicted octanol–water partition coefficient (Wildman–Crippen LogP) is 3.25. The molecule has 4 nitrogen and oxygen atoms in total. The van der Waals surface area contributed by atoms with E-state index in [1.807, 2.05) is 32.9 Å². The first-order valence-electron chi connectivity index (χ1n) is 7.64. The molecule has 0 aliphatic heterocycles. The summed E-state index contributed by atoms with van der Waals surface area (Å²) >= 11 is 0. The van der Waals surface area contributed by atoms with E-state index < -0.39 is 0 Å². The maximum Gasteiger partial charge on any atom is 0.238 e. The van der Waals surface area contributed by atoms with Crippen molar-refractivity contribution in [1.82, 2.24) is 5.32 Å². The minimum Gasteiger partial charge on any atom is -0.369 e. The lowest BCUT2D eigenvalue weighted by molar-refractivity contribution is -0.115. The van der Waals surface area contributed by atoms with Gasteiger partial charge in [-0.05, 0) is 65.8 Å². The number of nitrogens with zero attached hydrogens (tertiary/aromatic N) is 1. The van der Waals surface area contributed by atoms with Crippen LogP contribution in [-0.2, 0) is 4.79 Å². The van der Waals surface area contributed by atoms with Gasteiger partial charge in [0.2, 0.25) is 5.91 Å². The van der Waals surface area contributed by atoms with Gasteiger partial charge in [0.25, 0.3) is 0 Å². The van der Waals surface area contributed by atoms with Crippen LogP contribution in [0.3, 0.4) is 0 Å². The number of rotatable bonds is 6. The van der Waals surface area contributed by atoms with E-state index in [0.29, 0.717) is 12.6 Å². The number of carbonyl (C=O) groups is 1. The fourth-order valence-corrected chi connectivity index (χ4v) is 2.13. The van der Waals surface area contributed by atoms with Gasteiger partial charge in [0.05, 0.1) is 6.54 Å². The average molecular weight is 291 g/mol. The first kappa shape index (κ1) is 17.5. The second kappa shape index (κ2) is 7.46. The van der Waals surface area contributed by atoms with Crippen molar-refractivity contribution < 1.29 is 4.79 Å². The molecule has 1 rings (SSSR count). The van der Waals surface area contributed by atoms with Crippen molar-refractivity contribution in [3.05, 3.63) is 24.3 Å². The van der Waals surface area contributed by atoms with Crippen LogP contribution in [0.15, 0.2) is 24.3 Å². The Morgan fingerprint density at radius 2 is 1.76 bits per heavy atom. The van der Waals surface area contributed by atoms with Crippen LogP contribution in [0, 0.1) is 0 Å². The van der Waals surface area contributed by atoms with Crippen LogP contribution in [0.25, 0.3) is 0 Å². The fourth-order valence-electron chi connectivity index (χ4n) is 2.13. The van der Waals surface area contributed by atoms with Crippen molar-refractivity contribution in [2.24, 2.45) is 0 Å². The molecule has 4 heteroatoms. The molecule has 2 N–H and O–H groups in total. The number of hydrogen-bond donors (Lipinski definition) is 2. The molecule has 118 valence electrons. The van der Waals surface area contributed by atoms with Crippen molar-refractivity contribution in [1.29, 1.82) is 0 Å². The van der Waals surface area contributed by atoms with E-state index in [1.54, 1.807) is 0 Å². The maximum absolute atomic E-state index is 11.9. The fraction of sp³-hybridized carbons (Fsp3) is 0.588. The standard InChI is InChI=1S/C17H29N3O/c1-7-20(13(2)3)15-10-8-14(9-11-15)19-16(21)12-18-17(4,5)6/h8-11,13,18H,7,12H2,1-6H3,(H,19,21). The number of carbonyl (C=O) groups excluding carboxylic acids is 1. The van der Waals surface area contributed by atoms with Gasteiger partial charge in [-0.3, -0.25) is 4.79 Å². The summed E-state index contributed by atoms with van der Waals surface area (Å²) in [5.74, 6) is -0.0196. The molecular formula is C17H29N3O. The lowest BCUT2D eigenvalue weighted by atomic mass is 10.1. The largest absolute Gasteiger partial charge is 0.369 e. The van der Waals surface area contributed by atoms with E-state index in [-0.39, 0.29) is 11.4 Å². The minimum absolute atomic E-state index is 0.0196. The third kappa shape index (κ3) is 6.17. The smallest absolute Gasteiger partial charge is 0.238 e. The number of anilines is 2. The Balaban J connectivity index is 2.60. The second-order valence-corrected chi connectivity index (χ2v) is 6.58. The van der Waals surface area contributed by atoms with E-state index in [0.717, 1.165) is 12.2 Å². The van der Waals surface area contributed by atoms with E-state index in [9.17, 15) is 4.79 Å². The van der Waals surface area contributed by atoms with E-state index >= 15 is 0 Å². The molecule has 0 unspecified atom stereocenters. The lowest BCUT2D eigenvalue weighted by Gasteiger charge is -2.27. The second-order valence-electron chi connectivity index (χ2n) is 6.58. The van der Waals surface area contributed by atoms with Crippen LogP contribution in [0.1, 0.15) is 41.5 Å². The van der Waals surface area contributed by atoms with Gasteiger partial charge in [-0.2, -0.15) is 0 Å². The molecule has 1 aromatic rings. The molecule has 0 atom stereocenters. The van der Waals surface area contributed by atoms with Gasteiger partial charge in [0, 0.05) is 29.5 Å². The summed E-state index contributed by atoms with van der Waals surface area (Å²) in [7, 11) is 0. The summed E-state index contributed by atoms with van der Waals surface area (Å²) < 4.78 is 0. The lowest BCUT2D eigenvalue weighted by Crippen LogP contribution is -2.41. The Kier molecular flexibility index (Phi) is 6.21. The molecule has 1 amide bonds. The number of benzene rings is 1. The number of nitrogens with one attached hydrogen (secondary N) is 2. The summed E-state index contributed by atoms with van der Waals surface area (Å²) in [6.07, 6.45) is 0. The normalized spacial score (nSPS) is 11.6. The Labute approximate surface area is 128 Å². The number of amides is 1. The molecule has 0 aliphatic carbocycles. The SMILES string of the molecule is CCN(c1ccc(NC(=O)CNC(C)(C)C)cc1)C(C)C. The summed E-state index contributed by atoms with van der Waals surface area (Å²) in [4.78, 5) is 14.2. The van der Waals surface area contributed by atoms with Gasteiger partial charge in [-0.1, -0.05) is 0 Å². The van der Waals surface area contributed by atoms with Gasteiger partial charge < -0.3 is 15.5 Å². The van der Waals surface area contributed by atoms with Crippen molar-refractivity contribution in [2.75, 3.05) is 23.3 Å². The van der Waals surface area contributed by atoms with Crippen molar-refractivity contribution in [3.8, 4) is 0 Å². The molecule has 0 spiro atoms. The molecule has 0 saturated heterocycles. The molecule has 0 aromatic heterocycles. The van der Waals surface area contributed by atoms with Crippen LogP contribution in [0.2, 0.25) is 0 Å². The molecule has 0 bridgehead atoms. The molecule has 0 radical (unpaired) electrons. The predicted molar refractivity (Wildman–Crippen MR) is 91.0 cm³/mol. The van der Waals surface area contributed by atoms with Gasteiger partial charge in [0.1, 0.15) is 0 Å². The van der Waals surface area contributed by atoms with Crippen molar-refractivity contribution in [2.45, 2.75) is 53.1 Å². The van der Waals surface area contributed by atoms with Crippen molar-refractivity contribution in [3.63, 3.8) is 0 Å². The van der Waals surface area contributed by atoms with Crippen LogP contribution in [0.5, 0.6) is 0 Å². The summed E-state index contributed by atoms with van der Waals surface area (Å²) in [5, 5.41) is 6.08. The Bertz CT molecular complexity index is 446. The number of hydrogen-bond acceptors (Lipinski definition) is 3. The summed E-state index contributed by atoms with van der Waals surface area (Å²) in [6, 6.07) is 8.48. The average Bonchev–Trinajstić information content (AvgIpc) is 2.38. The Hall–Kier alpha value is -1.55. The van der Waals surface area contributed by atoms with E-state index in [2.05, 4.69) is 48.4 Å². The highest BCUT2D eigenvalue weighted by Gasteiger charge is 2.12. The molecule has 0 heterocycles. The molecule has 0 aliphatic rings. The zero-order valence-electron chi connectivity index (χ0n) is 14.2. The maximum atomic E-state index is 11.9. The first-order chi connectivity index (χ1) is 9.73. The quantitative estimate of drug-likeness (QED) is 0.845. The summed E-state index contributed by atoms with van der Waals surface area (Å²) in [6.45, 7) is 13.9. The van der Waals surface area contributed by atoms with Gasteiger partial charge in [0.15, 0.2) is 0 Å². The van der Waals surface area contributed by atoms with E-state index in [4.69, 9.17) is 0 Å². The van der Waals surface area contributed by atoms with E-state index in [1.165, 1.54) is 5.69 Å². The minimum atomic E-state index is -0.0555. The van der Waals surface area contributed by atoms with Crippen LogP contribution in [-0.4, -0.2) is 30.6 Å². The van der Waals surface area contributed by atoms with Crippen LogP contribution in [0.4, 0.5) is 11.4 Å². The molecule has 21 heavy (non-hydrogen) atoms. The van der Waals surface area contributed by atoms with Gasteiger partial charge in [-0.25, -0.2) is 0 Å². The first-order valence-corrected chi connectivity index (χ1v) is 7.64. The molecular weight excluding hydrogens is 262 g/mol. The topological polar surface area (TPSA) is 44.4 Å². The highest BCUT2D eigenvalue weighted by Crippen LogP contribution is 2.19. The van der Waals surface area contributed by atoms with Gasteiger partial charge in [-0.15, -0.1) is 0 Å². The molecule has 1 aromatic carbocycles. The Morgan fingerprint density at radius 1 is 1.19 bits per heavy atom. The van der Waals surface area contributed by atoms with Crippen molar-refractivity contribution >= 4 is 17.3 Å². The zero-order chi connectivity index (χ0) is 16.0. The summed E-state index contributed by atoms with van der Waals surface area (Å²) in [5.41, 5.74) is 1.96. The molecule has 0 fully saturated rings.